The van der Waals surface area contributed by atoms with Crippen molar-refractivity contribution < 1.29 is 9.90 Å². The van der Waals surface area contributed by atoms with Crippen LogP contribution in [0.2, 0.25) is 0 Å². The number of carbonyl (C=O) groups excluding carboxylic acids is 1. The lowest BCUT2D eigenvalue weighted by Crippen LogP contribution is -2.46. The van der Waals surface area contributed by atoms with Crippen molar-refractivity contribution in [3.8, 4) is 0 Å². The van der Waals surface area contributed by atoms with Gasteiger partial charge in [-0.2, -0.15) is 0 Å². The van der Waals surface area contributed by atoms with E-state index in [1.807, 2.05) is 0 Å². The van der Waals surface area contributed by atoms with E-state index in [9.17, 15) is 9.90 Å². The van der Waals surface area contributed by atoms with Gasteiger partial charge in [-0.3, -0.25) is 4.79 Å². The minimum Gasteiger partial charge on any atom is -0.389 e. The summed E-state index contributed by atoms with van der Waals surface area (Å²) in [4.78, 5) is 11.4. The van der Waals surface area contributed by atoms with Gasteiger partial charge in [0.25, 0.3) is 0 Å². The van der Waals surface area contributed by atoms with E-state index in [0.717, 1.165) is 0 Å². The Kier molecular flexibility index (Phi) is 3.88. The zero-order valence-electron chi connectivity index (χ0n) is 8.85. The Morgan fingerprint density at radius 1 is 1.38 bits per heavy atom. The second-order valence-electron chi connectivity index (χ2n) is 4.58. The third-order valence-corrected chi connectivity index (χ3v) is 1.81. The normalized spacial score (nSPS) is 12.8. The van der Waals surface area contributed by atoms with Crippen LogP contribution in [0.15, 0.2) is 0 Å². The van der Waals surface area contributed by atoms with Gasteiger partial charge in [0.15, 0.2) is 0 Å². The molecule has 0 aromatic rings. The van der Waals surface area contributed by atoms with E-state index in [1.165, 1.54) is 0 Å². The average Bonchev–Trinajstić information content (AvgIpc) is 1.98. The molecule has 1 amide bonds. The predicted octanol–water partition coefficient (Wildman–Crippen LogP) is -0.142. The van der Waals surface area contributed by atoms with Crippen LogP contribution in [0.3, 0.4) is 0 Å². The number of nitrogens with one attached hydrogen (secondary N) is 1. The molecule has 0 spiro atoms. The molecule has 0 aromatic heterocycles. The number of nitrogens with two attached hydrogens (primary N) is 1. The van der Waals surface area contributed by atoms with Crippen LogP contribution in [0, 0.1) is 5.41 Å². The molecule has 0 atom stereocenters. The molecule has 0 aliphatic carbocycles. The fraction of sp³-hybridized carbons (Fsp3) is 0.889. The van der Waals surface area contributed by atoms with Crippen LogP contribution in [0.25, 0.3) is 0 Å². The molecule has 0 heterocycles. The molecule has 78 valence electrons. The summed E-state index contributed by atoms with van der Waals surface area (Å²) in [6.45, 7) is 7.37. The summed E-state index contributed by atoms with van der Waals surface area (Å²) in [5, 5.41) is 12.0. The molecule has 0 rings (SSSR count). The molecule has 4 heteroatoms. The van der Waals surface area contributed by atoms with E-state index in [2.05, 4.69) is 5.32 Å². The Bertz CT molecular complexity index is 183. The van der Waals surface area contributed by atoms with E-state index in [0.29, 0.717) is 6.54 Å². The first kappa shape index (κ1) is 12.4. The van der Waals surface area contributed by atoms with Crippen molar-refractivity contribution in [1.82, 2.24) is 5.32 Å². The number of hydrogen-bond donors (Lipinski definition) is 3. The van der Waals surface area contributed by atoms with Crippen molar-refractivity contribution in [1.29, 1.82) is 0 Å². The maximum Gasteiger partial charge on any atom is 0.227 e. The van der Waals surface area contributed by atoms with Crippen LogP contribution >= 0.6 is 0 Å². The molecule has 0 aliphatic heterocycles. The van der Waals surface area contributed by atoms with Crippen molar-refractivity contribution >= 4 is 5.91 Å². The largest absolute Gasteiger partial charge is 0.389 e. The quantitative estimate of drug-likeness (QED) is 0.574. The Labute approximate surface area is 79.5 Å². The van der Waals surface area contributed by atoms with Crippen molar-refractivity contribution in [3.63, 3.8) is 0 Å². The molecule has 0 bridgehead atoms. The average molecular weight is 188 g/mol. The van der Waals surface area contributed by atoms with E-state index < -0.39 is 11.0 Å². The lowest BCUT2D eigenvalue weighted by Gasteiger charge is -2.24. The summed E-state index contributed by atoms with van der Waals surface area (Å²) in [6, 6.07) is 0. The number of amides is 1. The monoisotopic (exact) mass is 188 g/mol. The van der Waals surface area contributed by atoms with Crippen LogP contribution in [0.1, 0.15) is 27.7 Å². The highest BCUT2D eigenvalue weighted by atomic mass is 16.3. The van der Waals surface area contributed by atoms with Crippen LogP contribution in [-0.2, 0) is 4.79 Å². The summed E-state index contributed by atoms with van der Waals surface area (Å²) in [7, 11) is 0. The third-order valence-electron chi connectivity index (χ3n) is 1.81. The molecule has 0 saturated carbocycles. The van der Waals surface area contributed by atoms with E-state index in [-0.39, 0.29) is 12.5 Å². The predicted molar refractivity (Wildman–Crippen MR) is 52.1 cm³/mol. The molecule has 0 radical (unpaired) electrons. The Morgan fingerprint density at radius 3 is 2.15 bits per heavy atom. The molecule has 0 saturated heterocycles. The third kappa shape index (κ3) is 4.85. The molecular weight excluding hydrogens is 168 g/mol. The fourth-order valence-electron chi connectivity index (χ4n) is 0.629. The number of rotatable bonds is 4. The van der Waals surface area contributed by atoms with Crippen LogP contribution < -0.4 is 11.1 Å². The second kappa shape index (κ2) is 4.07. The van der Waals surface area contributed by atoms with Gasteiger partial charge in [0.2, 0.25) is 5.91 Å². The zero-order chi connectivity index (χ0) is 10.7. The van der Waals surface area contributed by atoms with Crippen molar-refractivity contribution in [3.05, 3.63) is 0 Å². The zero-order valence-corrected chi connectivity index (χ0v) is 8.85. The van der Waals surface area contributed by atoms with Gasteiger partial charge in [0.05, 0.1) is 11.0 Å². The first-order chi connectivity index (χ1) is 5.69. The van der Waals surface area contributed by atoms with Gasteiger partial charge in [-0.15, -0.1) is 0 Å². The number of carbonyl (C=O) groups is 1. The summed E-state index contributed by atoms with van der Waals surface area (Å²) in [5.74, 6) is -0.128. The van der Waals surface area contributed by atoms with Gasteiger partial charge in [0.1, 0.15) is 0 Å². The number of aliphatic hydroxyl groups is 1. The maximum atomic E-state index is 11.4. The Morgan fingerprint density at radius 2 is 1.85 bits per heavy atom. The van der Waals surface area contributed by atoms with Crippen molar-refractivity contribution in [2.75, 3.05) is 13.1 Å². The Balaban J connectivity index is 4.03. The van der Waals surface area contributed by atoms with E-state index in [4.69, 9.17) is 5.73 Å². The summed E-state index contributed by atoms with van der Waals surface area (Å²) in [5.41, 5.74) is 3.98. The first-order valence-electron chi connectivity index (χ1n) is 4.40. The minimum absolute atomic E-state index is 0.128. The molecule has 0 fully saturated rings. The van der Waals surface area contributed by atoms with Crippen molar-refractivity contribution in [2.45, 2.75) is 33.3 Å². The standard InChI is InChI=1S/C9H20N2O2/c1-8(2,5-10)7(12)11-6-9(3,4)13/h13H,5-6,10H2,1-4H3,(H,11,12). The molecule has 4 N–H and O–H groups in total. The Hall–Kier alpha value is -0.610. The summed E-state index contributed by atoms with van der Waals surface area (Å²) in [6.07, 6.45) is 0. The van der Waals surface area contributed by atoms with Crippen molar-refractivity contribution in [2.24, 2.45) is 11.1 Å². The molecule has 0 aromatic carbocycles. The van der Waals surface area contributed by atoms with Crippen LogP contribution in [-0.4, -0.2) is 29.7 Å². The lowest BCUT2D eigenvalue weighted by atomic mass is 9.92. The maximum absolute atomic E-state index is 11.4. The molecule has 0 aliphatic rings. The SMILES string of the molecule is CC(C)(O)CNC(=O)C(C)(C)CN. The van der Waals surface area contributed by atoms with Crippen LogP contribution in [0.4, 0.5) is 0 Å². The highest BCUT2D eigenvalue weighted by Crippen LogP contribution is 2.12. The highest BCUT2D eigenvalue weighted by molar-refractivity contribution is 5.82. The first-order valence-corrected chi connectivity index (χ1v) is 4.40. The van der Waals surface area contributed by atoms with Crippen LogP contribution in [0.5, 0.6) is 0 Å². The van der Waals surface area contributed by atoms with E-state index in [1.54, 1.807) is 27.7 Å². The smallest absolute Gasteiger partial charge is 0.227 e. The summed E-state index contributed by atoms with van der Waals surface area (Å²) >= 11 is 0. The summed E-state index contributed by atoms with van der Waals surface area (Å²) < 4.78 is 0. The molecule has 13 heavy (non-hydrogen) atoms. The van der Waals surface area contributed by atoms with Gasteiger partial charge in [-0.1, -0.05) is 0 Å². The van der Waals surface area contributed by atoms with Gasteiger partial charge in [-0.05, 0) is 27.7 Å². The fourth-order valence-corrected chi connectivity index (χ4v) is 0.629. The van der Waals surface area contributed by atoms with Gasteiger partial charge >= 0.3 is 0 Å². The van der Waals surface area contributed by atoms with Gasteiger partial charge in [0, 0.05) is 13.1 Å². The molecule has 0 unspecified atom stereocenters. The lowest BCUT2D eigenvalue weighted by molar-refractivity contribution is -0.129. The second-order valence-corrected chi connectivity index (χ2v) is 4.58. The minimum atomic E-state index is -0.875. The highest BCUT2D eigenvalue weighted by Gasteiger charge is 2.26. The topological polar surface area (TPSA) is 75.3 Å². The van der Waals surface area contributed by atoms with E-state index >= 15 is 0 Å². The van der Waals surface area contributed by atoms with Gasteiger partial charge < -0.3 is 16.2 Å². The molecular formula is C9H20N2O2. The molecule has 4 nitrogen and oxygen atoms in total. The van der Waals surface area contributed by atoms with Gasteiger partial charge in [-0.25, -0.2) is 0 Å². The number of hydrogen-bond acceptors (Lipinski definition) is 3.